The van der Waals surface area contributed by atoms with Crippen molar-refractivity contribution in [2.24, 2.45) is 0 Å². The van der Waals surface area contributed by atoms with Crippen LogP contribution < -0.4 is 0 Å². The Hall–Kier alpha value is -1.05. The number of benzene rings is 1. The van der Waals surface area contributed by atoms with Crippen LogP contribution in [0.2, 0.25) is 0 Å². The van der Waals surface area contributed by atoms with Crippen molar-refractivity contribution in [1.29, 1.82) is 0 Å². The number of rotatable bonds is 4. The molecule has 0 spiro atoms. The largest absolute Gasteiger partial charge is 0.295 e. The number of sulfone groups is 1. The van der Waals surface area contributed by atoms with E-state index < -0.39 is 9.84 Å². The summed E-state index contributed by atoms with van der Waals surface area (Å²) in [5.41, 5.74) is 3.00. The van der Waals surface area contributed by atoms with Crippen molar-refractivity contribution < 1.29 is 8.42 Å². The van der Waals surface area contributed by atoms with Crippen LogP contribution in [-0.4, -0.2) is 46.2 Å². The number of aromatic nitrogens is 2. The average molecular weight is 311 g/mol. The minimum Gasteiger partial charge on any atom is -0.295 e. The molecule has 0 N–H and O–H groups in total. The second-order valence-electron chi connectivity index (χ2n) is 5.21. The van der Waals surface area contributed by atoms with Gasteiger partial charge in [-0.25, -0.2) is 8.42 Å². The lowest BCUT2D eigenvalue weighted by atomic mass is 10.1. The molecule has 0 saturated carbocycles. The molecule has 1 aliphatic rings. The smallest absolute Gasteiger partial charge is 0.151 e. The Kier molecular flexibility index (Phi) is 3.74. The Morgan fingerprint density at radius 3 is 2.85 bits per heavy atom. The predicted molar refractivity (Wildman–Crippen MR) is 80.6 cm³/mol. The molecular weight excluding hydrogens is 294 g/mol. The summed E-state index contributed by atoms with van der Waals surface area (Å²) >= 11 is 1.22. The van der Waals surface area contributed by atoms with Crippen molar-refractivity contribution in [1.82, 2.24) is 13.6 Å². The van der Waals surface area contributed by atoms with Crippen LogP contribution in [0.3, 0.4) is 0 Å². The van der Waals surface area contributed by atoms with Gasteiger partial charge in [0.25, 0.3) is 0 Å². The van der Waals surface area contributed by atoms with Gasteiger partial charge in [0.05, 0.1) is 23.2 Å². The molecule has 0 unspecified atom stereocenters. The highest BCUT2D eigenvalue weighted by molar-refractivity contribution is 7.91. The summed E-state index contributed by atoms with van der Waals surface area (Å²) in [7, 11) is -2.83. The molecule has 0 aliphatic carbocycles. The molecule has 2 aromatic rings. The van der Waals surface area contributed by atoms with Crippen molar-refractivity contribution in [3.05, 3.63) is 23.8 Å². The Balaban J connectivity index is 1.77. The van der Waals surface area contributed by atoms with Crippen molar-refractivity contribution >= 4 is 32.6 Å². The highest BCUT2D eigenvalue weighted by Crippen LogP contribution is 2.21. The van der Waals surface area contributed by atoms with Crippen LogP contribution in [0.5, 0.6) is 0 Å². The lowest BCUT2D eigenvalue weighted by molar-refractivity contribution is 0.215. The second kappa shape index (κ2) is 5.38. The van der Waals surface area contributed by atoms with Crippen LogP contribution >= 0.6 is 11.7 Å². The Morgan fingerprint density at radius 2 is 2.15 bits per heavy atom. The van der Waals surface area contributed by atoms with E-state index in [1.54, 1.807) is 0 Å². The van der Waals surface area contributed by atoms with Gasteiger partial charge < -0.3 is 0 Å². The first-order valence-electron chi connectivity index (χ1n) is 6.73. The Bertz CT molecular complexity index is 711. The molecular formula is C13H17N3O2S2. The van der Waals surface area contributed by atoms with E-state index in [0.29, 0.717) is 11.5 Å². The lowest BCUT2D eigenvalue weighted by Gasteiger charge is -2.26. The Morgan fingerprint density at radius 1 is 1.35 bits per heavy atom. The number of hydrogen-bond donors (Lipinski definition) is 0. The van der Waals surface area contributed by atoms with Gasteiger partial charge in [-0.15, -0.1) is 0 Å². The highest BCUT2D eigenvalue weighted by Gasteiger charge is 2.31. The molecule has 2 heterocycles. The van der Waals surface area contributed by atoms with Gasteiger partial charge in [0.2, 0.25) is 0 Å². The first-order valence-corrected chi connectivity index (χ1v) is 9.28. The zero-order valence-corrected chi connectivity index (χ0v) is 13.0. The first kappa shape index (κ1) is 13.9. The molecule has 1 fully saturated rings. The van der Waals surface area contributed by atoms with Crippen LogP contribution in [0, 0.1) is 0 Å². The molecule has 0 radical (unpaired) electrons. The zero-order valence-electron chi connectivity index (χ0n) is 11.3. The molecule has 1 aromatic carbocycles. The molecule has 0 bridgehead atoms. The molecule has 108 valence electrons. The van der Waals surface area contributed by atoms with Gasteiger partial charge in [-0.3, -0.25) is 4.90 Å². The van der Waals surface area contributed by atoms with Gasteiger partial charge in [0.1, 0.15) is 11.0 Å². The average Bonchev–Trinajstić information content (AvgIpc) is 3.01. The van der Waals surface area contributed by atoms with E-state index in [4.69, 9.17) is 0 Å². The number of hydrogen-bond acceptors (Lipinski definition) is 6. The van der Waals surface area contributed by atoms with Crippen molar-refractivity contribution in [2.45, 2.75) is 25.9 Å². The second-order valence-corrected chi connectivity index (χ2v) is 7.96. The molecule has 3 rings (SSSR count). The van der Waals surface area contributed by atoms with Gasteiger partial charge in [0, 0.05) is 12.6 Å². The van der Waals surface area contributed by atoms with Crippen LogP contribution in [0.15, 0.2) is 18.2 Å². The van der Waals surface area contributed by atoms with Crippen molar-refractivity contribution in [2.75, 3.05) is 18.1 Å². The monoisotopic (exact) mass is 311 g/mol. The fourth-order valence-electron chi connectivity index (χ4n) is 2.72. The maximum atomic E-state index is 11.6. The maximum absolute atomic E-state index is 11.6. The standard InChI is InChI=1S/C13H17N3O2S2/c1-2-16(11-5-6-20(17,18)9-11)8-10-3-4-12-13(7-10)15-19-14-12/h3-4,7,11H,2,5-6,8-9H2,1H3/t11-/m1/s1. The highest BCUT2D eigenvalue weighted by atomic mass is 32.2. The van der Waals surface area contributed by atoms with Gasteiger partial charge in [-0.2, -0.15) is 8.75 Å². The van der Waals surface area contributed by atoms with E-state index in [-0.39, 0.29) is 6.04 Å². The minimum atomic E-state index is -2.83. The summed E-state index contributed by atoms with van der Waals surface area (Å²) in [4.78, 5) is 2.24. The van der Waals surface area contributed by atoms with Gasteiger partial charge >= 0.3 is 0 Å². The zero-order chi connectivity index (χ0) is 14.2. The fourth-order valence-corrected chi connectivity index (χ4v) is 5.00. The summed E-state index contributed by atoms with van der Waals surface area (Å²) in [6.07, 6.45) is 0.747. The van der Waals surface area contributed by atoms with E-state index in [1.165, 1.54) is 11.7 Å². The summed E-state index contributed by atoms with van der Waals surface area (Å²) in [5, 5.41) is 0. The van der Waals surface area contributed by atoms with E-state index in [2.05, 4.69) is 26.6 Å². The Labute approximate surface area is 122 Å². The summed E-state index contributed by atoms with van der Waals surface area (Å²) in [6, 6.07) is 6.23. The normalized spacial score (nSPS) is 21.8. The van der Waals surface area contributed by atoms with Gasteiger partial charge in [0.15, 0.2) is 9.84 Å². The maximum Gasteiger partial charge on any atom is 0.151 e. The third-order valence-corrected chi connectivity index (χ3v) is 6.14. The lowest BCUT2D eigenvalue weighted by Crippen LogP contribution is -2.35. The van der Waals surface area contributed by atoms with Crippen molar-refractivity contribution in [3.63, 3.8) is 0 Å². The molecule has 0 amide bonds. The quantitative estimate of drug-likeness (QED) is 0.860. The number of fused-ring (bicyclic) bond motifs is 1. The topological polar surface area (TPSA) is 63.2 Å². The van der Waals surface area contributed by atoms with E-state index in [1.807, 2.05) is 12.1 Å². The van der Waals surface area contributed by atoms with Gasteiger partial charge in [-0.1, -0.05) is 13.0 Å². The number of nitrogens with zero attached hydrogens (tertiary/aromatic N) is 3. The van der Waals surface area contributed by atoms with Crippen LogP contribution in [-0.2, 0) is 16.4 Å². The molecule has 20 heavy (non-hydrogen) atoms. The third kappa shape index (κ3) is 2.84. The summed E-state index contributed by atoms with van der Waals surface area (Å²) < 4.78 is 31.7. The van der Waals surface area contributed by atoms with Crippen LogP contribution in [0.1, 0.15) is 18.9 Å². The SMILES string of the molecule is CCN(Cc1ccc2nsnc2c1)[C@@H]1CCS(=O)(=O)C1. The van der Waals surface area contributed by atoms with Crippen molar-refractivity contribution in [3.8, 4) is 0 Å². The van der Waals surface area contributed by atoms with E-state index >= 15 is 0 Å². The molecule has 1 atom stereocenters. The first-order chi connectivity index (χ1) is 9.57. The molecule has 1 aromatic heterocycles. The van der Waals surface area contributed by atoms with E-state index in [9.17, 15) is 8.42 Å². The predicted octanol–water partition coefficient (Wildman–Crippen LogP) is 1.70. The van der Waals surface area contributed by atoms with Gasteiger partial charge in [-0.05, 0) is 30.7 Å². The molecule has 5 nitrogen and oxygen atoms in total. The molecule has 7 heteroatoms. The third-order valence-electron chi connectivity index (χ3n) is 3.83. The van der Waals surface area contributed by atoms with E-state index in [0.717, 1.165) is 36.1 Å². The molecule has 1 saturated heterocycles. The van der Waals surface area contributed by atoms with Crippen LogP contribution in [0.25, 0.3) is 11.0 Å². The van der Waals surface area contributed by atoms with Crippen LogP contribution in [0.4, 0.5) is 0 Å². The fraction of sp³-hybridized carbons (Fsp3) is 0.538. The summed E-state index contributed by atoms with van der Waals surface area (Å²) in [6.45, 7) is 3.70. The minimum absolute atomic E-state index is 0.147. The molecule has 1 aliphatic heterocycles. The summed E-state index contributed by atoms with van der Waals surface area (Å²) in [5.74, 6) is 0.616.